The molecule has 0 bridgehead atoms. The Hall–Kier alpha value is -1.54. The van der Waals surface area contributed by atoms with Crippen LogP contribution in [-0.2, 0) is 11.3 Å². The summed E-state index contributed by atoms with van der Waals surface area (Å²) in [5, 5.41) is 0. The van der Waals surface area contributed by atoms with E-state index in [1.807, 2.05) is 6.07 Å². The molecule has 0 radical (unpaired) electrons. The Morgan fingerprint density at radius 1 is 1.15 bits per heavy atom. The zero-order valence-corrected chi connectivity index (χ0v) is 13.2. The number of hydrogen-bond acceptors (Lipinski definition) is 2. The van der Waals surface area contributed by atoms with Crippen molar-refractivity contribution in [1.29, 1.82) is 0 Å². The Labute approximate surface area is 125 Å². The van der Waals surface area contributed by atoms with E-state index in [0.717, 1.165) is 17.1 Å². The van der Waals surface area contributed by atoms with E-state index < -0.39 is 0 Å². The molecule has 3 heteroatoms. The lowest BCUT2D eigenvalue weighted by molar-refractivity contribution is 0.451. The van der Waals surface area contributed by atoms with E-state index >= 15 is 0 Å². The second-order valence-corrected chi connectivity index (χ2v) is 6.24. The first-order chi connectivity index (χ1) is 9.41. The van der Waals surface area contributed by atoms with Crippen molar-refractivity contribution >= 4 is 11.6 Å². The Morgan fingerprint density at radius 2 is 1.90 bits per heavy atom. The zero-order chi connectivity index (χ0) is 14.8. The Kier molecular flexibility index (Phi) is 4.34. The van der Waals surface area contributed by atoms with E-state index in [9.17, 15) is 0 Å². The molecule has 0 atom stereocenters. The molecule has 1 aromatic carbocycles. The predicted octanol–water partition coefficient (Wildman–Crippen LogP) is 5.22. The summed E-state index contributed by atoms with van der Waals surface area (Å²) >= 11 is 5.94. The summed E-state index contributed by atoms with van der Waals surface area (Å²) in [7, 11) is 0. The van der Waals surface area contributed by atoms with Gasteiger partial charge >= 0.3 is 0 Å². The molecule has 20 heavy (non-hydrogen) atoms. The molecule has 0 N–H and O–H groups in total. The summed E-state index contributed by atoms with van der Waals surface area (Å²) in [5.74, 6) is 2.04. The van der Waals surface area contributed by atoms with Crippen LogP contribution in [0, 0.1) is 6.92 Å². The smallest absolute Gasteiger partial charge is 0.134 e. The van der Waals surface area contributed by atoms with Crippen LogP contribution >= 0.6 is 11.6 Å². The number of rotatable bonds is 3. The summed E-state index contributed by atoms with van der Waals surface area (Å²) in [5.41, 5.74) is 3.28. The van der Waals surface area contributed by atoms with Crippen LogP contribution in [0.4, 0.5) is 0 Å². The van der Waals surface area contributed by atoms with Gasteiger partial charge in [-0.1, -0.05) is 32.9 Å². The highest BCUT2D eigenvalue weighted by Crippen LogP contribution is 2.35. The maximum Gasteiger partial charge on any atom is 0.134 e. The van der Waals surface area contributed by atoms with Crippen LogP contribution in [0.5, 0.6) is 11.5 Å². The van der Waals surface area contributed by atoms with Gasteiger partial charge in [0.15, 0.2) is 0 Å². The monoisotopic (exact) mass is 289 g/mol. The third-order valence-electron chi connectivity index (χ3n) is 3.17. The normalized spacial score (nSPS) is 11.4. The van der Waals surface area contributed by atoms with E-state index in [2.05, 4.69) is 50.9 Å². The predicted molar refractivity (Wildman–Crippen MR) is 83.7 cm³/mol. The summed E-state index contributed by atoms with van der Waals surface area (Å²) in [4.78, 5) is 4.08. The summed E-state index contributed by atoms with van der Waals surface area (Å²) in [6.45, 7) is 8.60. The van der Waals surface area contributed by atoms with E-state index in [1.165, 1.54) is 11.1 Å². The van der Waals surface area contributed by atoms with Crippen molar-refractivity contribution in [2.75, 3.05) is 0 Å². The number of benzene rings is 1. The maximum absolute atomic E-state index is 6.11. The van der Waals surface area contributed by atoms with Crippen molar-refractivity contribution in [1.82, 2.24) is 4.98 Å². The van der Waals surface area contributed by atoms with E-state index in [-0.39, 0.29) is 5.41 Å². The summed E-state index contributed by atoms with van der Waals surface area (Å²) in [6, 6.07) is 8.17. The number of ether oxygens (including phenoxy) is 1. The molecule has 106 valence electrons. The van der Waals surface area contributed by atoms with Crippen molar-refractivity contribution in [3.8, 4) is 11.5 Å². The van der Waals surface area contributed by atoms with Crippen molar-refractivity contribution in [3.63, 3.8) is 0 Å². The van der Waals surface area contributed by atoms with Crippen LogP contribution in [0.3, 0.4) is 0 Å². The Balaban J connectivity index is 2.45. The molecule has 0 aliphatic heterocycles. The molecule has 0 aliphatic carbocycles. The van der Waals surface area contributed by atoms with Gasteiger partial charge in [0.05, 0.1) is 5.88 Å². The highest BCUT2D eigenvalue weighted by molar-refractivity contribution is 6.17. The fourth-order valence-electron chi connectivity index (χ4n) is 2.07. The van der Waals surface area contributed by atoms with Crippen molar-refractivity contribution in [3.05, 3.63) is 53.3 Å². The van der Waals surface area contributed by atoms with Crippen molar-refractivity contribution in [2.45, 2.75) is 39.0 Å². The number of pyridine rings is 1. The van der Waals surface area contributed by atoms with Gasteiger partial charge in [-0.05, 0) is 30.0 Å². The molecule has 0 aliphatic rings. The van der Waals surface area contributed by atoms with Gasteiger partial charge < -0.3 is 4.74 Å². The van der Waals surface area contributed by atoms with Gasteiger partial charge in [-0.15, -0.1) is 11.6 Å². The molecule has 0 spiro atoms. The van der Waals surface area contributed by atoms with Gasteiger partial charge in [0.25, 0.3) is 0 Å². The van der Waals surface area contributed by atoms with E-state index in [4.69, 9.17) is 16.3 Å². The molecule has 1 aromatic heterocycles. The first-order valence-electron chi connectivity index (χ1n) is 6.69. The van der Waals surface area contributed by atoms with Crippen LogP contribution in [-0.4, -0.2) is 4.98 Å². The molecular weight excluding hydrogens is 270 g/mol. The maximum atomic E-state index is 6.11. The molecule has 2 nitrogen and oxygen atoms in total. The first-order valence-corrected chi connectivity index (χ1v) is 7.23. The van der Waals surface area contributed by atoms with E-state index in [0.29, 0.717) is 5.88 Å². The zero-order valence-electron chi connectivity index (χ0n) is 12.4. The topological polar surface area (TPSA) is 22.1 Å². The van der Waals surface area contributed by atoms with Gasteiger partial charge in [-0.3, -0.25) is 4.98 Å². The lowest BCUT2D eigenvalue weighted by Crippen LogP contribution is -2.12. The molecular formula is C17H20ClNO. The van der Waals surface area contributed by atoms with Crippen molar-refractivity contribution in [2.24, 2.45) is 0 Å². The molecule has 0 fully saturated rings. The molecule has 0 saturated heterocycles. The Morgan fingerprint density at radius 3 is 2.55 bits per heavy atom. The average Bonchev–Trinajstić information content (AvgIpc) is 2.38. The fourth-order valence-corrected chi connectivity index (χ4v) is 2.27. The number of aromatic nitrogens is 1. The SMILES string of the molecule is Cc1ccc(C(C)(C)C)c(Oc2ccncc2CCl)c1. The van der Waals surface area contributed by atoms with Gasteiger partial charge in [-0.25, -0.2) is 0 Å². The van der Waals surface area contributed by atoms with Gasteiger partial charge in [0.1, 0.15) is 11.5 Å². The third kappa shape index (κ3) is 3.31. The minimum Gasteiger partial charge on any atom is -0.457 e. The molecule has 0 saturated carbocycles. The third-order valence-corrected chi connectivity index (χ3v) is 3.46. The molecule has 2 rings (SSSR count). The highest BCUT2D eigenvalue weighted by atomic mass is 35.5. The van der Waals surface area contributed by atoms with Crippen LogP contribution in [0.25, 0.3) is 0 Å². The minimum atomic E-state index is 0.0250. The van der Waals surface area contributed by atoms with Gasteiger partial charge in [0, 0.05) is 23.5 Å². The molecule has 0 amide bonds. The number of alkyl halides is 1. The molecule has 0 unspecified atom stereocenters. The largest absolute Gasteiger partial charge is 0.457 e. The lowest BCUT2D eigenvalue weighted by Gasteiger charge is -2.23. The first kappa shape index (κ1) is 14.9. The highest BCUT2D eigenvalue weighted by Gasteiger charge is 2.20. The number of nitrogens with zero attached hydrogens (tertiary/aromatic N) is 1. The molecule has 2 aromatic rings. The standard InChI is InChI=1S/C17H20ClNO/c1-12-5-6-14(17(2,3)4)16(9-12)20-15-7-8-19-11-13(15)10-18/h5-9,11H,10H2,1-4H3. The van der Waals surface area contributed by atoms with Gasteiger partial charge in [-0.2, -0.15) is 0 Å². The van der Waals surface area contributed by atoms with Crippen LogP contribution in [0.2, 0.25) is 0 Å². The van der Waals surface area contributed by atoms with Gasteiger partial charge in [0.2, 0.25) is 0 Å². The minimum absolute atomic E-state index is 0.0250. The summed E-state index contributed by atoms with van der Waals surface area (Å²) in [6.07, 6.45) is 3.47. The second-order valence-electron chi connectivity index (χ2n) is 5.97. The quantitative estimate of drug-likeness (QED) is 0.723. The van der Waals surface area contributed by atoms with Crippen LogP contribution in [0.15, 0.2) is 36.7 Å². The number of aryl methyl sites for hydroxylation is 1. The Bertz CT molecular complexity index is 602. The summed E-state index contributed by atoms with van der Waals surface area (Å²) < 4.78 is 6.11. The van der Waals surface area contributed by atoms with E-state index in [1.54, 1.807) is 12.4 Å². The number of halogens is 1. The van der Waals surface area contributed by atoms with Crippen molar-refractivity contribution < 1.29 is 4.74 Å². The lowest BCUT2D eigenvalue weighted by atomic mass is 9.86. The fraction of sp³-hybridized carbons (Fsp3) is 0.353. The number of hydrogen-bond donors (Lipinski definition) is 0. The van der Waals surface area contributed by atoms with Crippen LogP contribution < -0.4 is 4.74 Å². The van der Waals surface area contributed by atoms with Crippen LogP contribution in [0.1, 0.15) is 37.5 Å². The molecule has 1 heterocycles. The average molecular weight is 290 g/mol. The second kappa shape index (κ2) is 5.84.